The first-order valence-electron chi connectivity index (χ1n) is 6.08. The van der Waals surface area contributed by atoms with E-state index in [0.717, 1.165) is 5.69 Å². The molecule has 106 valence electrons. The third kappa shape index (κ3) is 2.71. The molecular formula is C14H15FN2O2S. The van der Waals surface area contributed by atoms with Crippen molar-refractivity contribution in [3.05, 3.63) is 51.7 Å². The van der Waals surface area contributed by atoms with Gasteiger partial charge in [-0.3, -0.25) is 4.79 Å². The number of aliphatic carboxylic acids is 1. The van der Waals surface area contributed by atoms with Crippen molar-refractivity contribution < 1.29 is 14.3 Å². The normalized spacial score (nSPS) is 13.9. The maximum Gasteiger partial charge on any atom is 0.315 e. The fraction of sp³-hybridized carbons (Fsp3) is 0.286. The van der Waals surface area contributed by atoms with Crippen LogP contribution in [0.15, 0.2) is 29.6 Å². The molecule has 2 rings (SSSR count). The van der Waals surface area contributed by atoms with E-state index in [4.69, 9.17) is 5.73 Å². The molecule has 1 unspecified atom stereocenters. The van der Waals surface area contributed by atoms with Crippen molar-refractivity contribution in [1.82, 2.24) is 4.98 Å². The number of hydrogen-bond acceptors (Lipinski definition) is 4. The number of carboxylic acids is 1. The Kier molecular flexibility index (Phi) is 4.15. The molecule has 1 atom stereocenters. The third-order valence-corrected chi connectivity index (χ3v) is 4.22. The highest BCUT2D eigenvalue weighted by atomic mass is 32.1. The van der Waals surface area contributed by atoms with E-state index in [-0.39, 0.29) is 13.0 Å². The molecule has 1 aromatic carbocycles. The van der Waals surface area contributed by atoms with Gasteiger partial charge in [0.2, 0.25) is 0 Å². The van der Waals surface area contributed by atoms with Gasteiger partial charge in [-0.05, 0) is 24.6 Å². The molecular weight excluding hydrogens is 279 g/mol. The van der Waals surface area contributed by atoms with Gasteiger partial charge in [0.1, 0.15) is 11.2 Å². The molecule has 0 aliphatic carbocycles. The highest BCUT2D eigenvalue weighted by molar-refractivity contribution is 7.09. The maximum absolute atomic E-state index is 13.4. The molecule has 0 saturated heterocycles. The largest absolute Gasteiger partial charge is 0.481 e. The number of carboxylic acid groups (broad SMARTS) is 1. The Morgan fingerprint density at radius 3 is 2.80 bits per heavy atom. The minimum atomic E-state index is -1.35. The molecule has 0 aliphatic heterocycles. The van der Waals surface area contributed by atoms with Gasteiger partial charge in [-0.1, -0.05) is 12.1 Å². The first-order chi connectivity index (χ1) is 9.48. The van der Waals surface area contributed by atoms with E-state index in [1.807, 2.05) is 12.3 Å². The average molecular weight is 294 g/mol. The lowest BCUT2D eigenvalue weighted by molar-refractivity contribution is -0.143. The lowest BCUT2D eigenvalue weighted by Gasteiger charge is -2.27. The van der Waals surface area contributed by atoms with Gasteiger partial charge >= 0.3 is 5.97 Å². The molecule has 0 saturated carbocycles. The van der Waals surface area contributed by atoms with Crippen LogP contribution in [-0.4, -0.2) is 22.6 Å². The smallest absolute Gasteiger partial charge is 0.315 e. The molecule has 0 fully saturated rings. The number of hydrogen-bond donors (Lipinski definition) is 2. The summed E-state index contributed by atoms with van der Waals surface area (Å²) in [5.41, 5.74) is 5.56. The van der Waals surface area contributed by atoms with Gasteiger partial charge < -0.3 is 10.8 Å². The van der Waals surface area contributed by atoms with Gasteiger partial charge in [0.15, 0.2) is 0 Å². The molecule has 20 heavy (non-hydrogen) atoms. The lowest BCUT2D eigenvalue weighted by atomic mass is 9.77. The molecule has 0 spiro atoms. The Morgan fingerprint density at radius 1 is 1.55 bits per heavy atom. The molecule has 2 aromatic rings. The predicted octanol–water partition coefficient (Wildman–Crippen LogP) is 2.11. The predicted molar refractivity (Wildman–Crippen MR) is 75.3 cm³/mol. The Hall–Kier alpha value is -1.79. The van der Waals surface area contributed by atoms with Crippen LogP contribution in [0.3, 0.4) is 0 Å². The van der Waals surface area contributed by atoms with Crippen molar-refractivity contribution in [2.24, 2.45) is 5.73 Å². The second-order valence-corrected chi connectivity index (χ2v) is 5.60. The minimum absolute atomic E-state index is 0.121. The molecule has 6 heteroatoms. The number of aryl methyl sites for hydroxylation is 1. The van der Waals surface area contributed by atoms with Crippen LogP contribution in [0.4, 0.5) is 4.39 Å². The van der Waals surface area contributed by atoms with Crippen molar-refractivity contribution in [2.75, 3.05) is 6.54 Å². The Balaban J connectivity index is 2.47. The molecule has 1 heterocycles. The molecule has 1 aromatic heterocycles. The van der Waals surface area contributed by atoms with Crippen LogP contribution in [0.2, 0.25) is 0 Å². The highest BCUT2D eigenvalue weighted by Gasteiger charge is 2.40. The number of nitrogens with two attached hydrogens (primary N) is 1. The van der Waals surface area contributed by atoms with Crippen molar-refractivity contribution >= 4 is 17.3 Å². The van der Waals surface area contributed by atoms with Gasteiger partial charge in [0, 0.05) is 24.0 Å². The molecule has 3 N–H and O–H groups in total. The van der Waals surface area contributed by atoms with E-state index in [1.165, 1.54) is 29.5 Å². The molecule has 4 nitrogen and oxygen atoms in total. The standard InChI is InChI=1S/C14H15FN2O2S/c1-9-7-20-12(17-9)6-14(8-16,13(18)19)10-3-2-4-11(15)5-10/h2-5,7H,6,8,16H2,1H3,(H,18,19). The number of aromatic nitrogens is 1. The second kappa shape index (κ2) is 5.68. The van der Waals surface area contributed by atoms with E-state index in [2.05, 4.69) is 4.98 Å². The summed E-state index contributed by atoms with van der Waals surface area (Å²) in [4.78, 5) is 16.0. The zero-order valence-electron chi connectivity index (χ0n) is 11.0. The average Bonchev–Trinajstić information content (AvgIpc) is 2.81. The number of halogens is 1. The minimum Gasteiger partial charge on any atom is -0.481 e. The molecule has 0 amide bonds. The third-order valence-electron chi connectivity index (χ3n) is 3.25. The molecule has 0 aliphatic rings. The van der Waals surface area contributed by atoms with Gasteiger partial charge in [-0.2, -0.15) is 0 Å². The van der Waals surface area contributed by atoms with Crippen LogP contribution in [0.1, 0.15) is 16.3 Å². The fourth-order valence-electron chi connectivity index (χ4n) is 2.11. The molecule has 0 radical (unpaired) electrons. The Labute approximate surface area is 120 Å². The second-order valence-electron chi connectivity index (χ2n) is 4.66. The van der Waals surface area contributed by atoms with Crippen molar-refractivity contribution in [3.63, 3.8) is 0 Å². The summed E-state index contributed by atoms with van der Waals surface area (Å²) < 4.78 is 13.4. The Bertz CT molecular complexity index is 629. The summed E-state index contributed by atoms with van der Waals surface area (Å²) in [6.45, 7) is 1.72. The number of thiazole rings is 1. The Morgan fingerprint density at radius 2 is 2.30 bits per heavy atom. The van der Waals surface area contributed by atoms with Crippen molar-refractivity contribution in [2.45, 2.75) is 18.8 Å². The van der Waals surface area contributed by atoms with Crippen LogP contribution in [-0.2, 0) is 16.6 Å². The lowest BCUT2D eigenvalue weighted by Crippen LogP contribution is -2.45. The topological polar surface area (TPSA) is 76.2 Å². The van der Waals surface area contributed by atoms with Crippen LogP contribution in [0.5, 0.6) is 0 Å². The van der Waals surface area contributed by atoms with Gasteiger partial charge in [0.25, 0.3) is 0 Å². The number of benzene rings is 1. The van der Waals surface area contributed by atoms with Crippen molar-refractivity contribution in [1.29, 1.82) is 0 Å². The quantitative estimate of drug-likeness (QED) is 0.885. The van der Waals surface area contributed by atoms with Crippen molar-refractivity contribution in [3.8, 4) is 0 Å². The first-order valence-corrected chi connectivity index (χ1v) is 6.96. The van der Waals surface area contributed by atoms with E-state index in [1.54, 1.807) is 6.07 Å². The zero-order valence-corrected chi connectivity index (χ0v) is 11.8. The van der Waals surface area contributed by atoms with E-state index < -0.39 is 17.2 Å². The van der Waals surface area contributed by atoms with Crippen LogP contribution >= 0.6 is 11.3 Å². The number of carbonyl (C=O) groups is 1. The van der Waals surface area contributed by atoms with Crippen LogP contribution < -0.4 is 5.73 Å². The number of rotatable bonds is 5. The summed E-state index contributed by atoms with van der Waals surface area (Å²) in [7, 11) is 0. The van der Waals surface area contributed by atoms with Gasteiger partial charge in [-0.15, -0.1) is 11.3 Å². The summed E-state index contributed by atoms with van der Waals surface area (Å²) >= 11 is 1.38. The van der Waals surface area contributed by atoms with Gasteiger partial charge in [0.05, 0.1) is 5.01 Å². The summed E-state index contributed by atoms with van der Waals surface area (Å²) in [5, 5.41) is 12.1. The van der Waals surface area contributed by atoms with E-state index in [0.29, 0.717) is 10.6 Å². The van der Waals surface area contributed by atoms with Crippen LogP contribution in [0.25, 0.3) is 0 Å². The first kappa shape index (κ1) is 14.6. The van der Waals surface area contributed by atoms with Gasteiger partial charge in [-0.25, -0.2) is 9.37 Å². The zero-order chi connectivity index (χ0) is 14.8. The fourth-order valence-corrected chi connectivity index (χ4v) is 2.99. The monoisotopic (exact) mass is 294 g/mol. The summed E-state index contributed by atoms with van der Waals surface area (Å²) in [6, 6.07) is 5.58. The summed E-state index contributed by atoms with van der Waals surface area (Å²) in [6.07, 6.45) is 0.154. The van der Waals surface area contributed by atoms with Crippen LogP contribution in [0, 0.1) is 12.7 Å². The molecule has 0 bridgehead atoms. The highest BCUT2D eigenvalue weighted by Crippen LogP contribution is 2.30. The maximum atomic E-state index is 13.4. The number of nitrogens with zero attached hydrogens (tertiary/aromatic N) is 1. The van der Waals surface area contributed by atoms with E-state index >= 15 is 0 Å². The van der Waals surface area contributed by atoms with E-state index in [9.17, 15) is 14.3 Å². The summed E-state index contributed by atoms with van der Waals surface area (Å²) in [5.74, 6) is -1.55. The SMILES string of the molecule is Cc1csc(CC(CN)(C(=O)O)c2cccc(F)c2)n1.